The third kappa shape index (κ3) is 1.67. The van der Waals surface area contributed by atoms with E-state index in [1.54, 1.807) is 7.05 Å². The molecule has 2 atom stereocenters. The highest BCUT2D eigenvalue weighted by molar-refractivity contribution is 7.89. The summed E-state index contributed by atoms with van der Waals surface area (Å²) in [7, 11) is -1.74. The summed E-state index contributed by atoms with van der Waals surface area (Å²) < 4.78 is 26.0. The van der Waals surface area contributed by atoms with Crippen molar-refractivity contribution < 1.29 is 13.2 Å². The maximum atomic E-state index is 12.3. The smallest absolute Gasteiger partial charge is 0.214 e. The van der Waals surface area contributed by atoms with Gasteiger partial charge in [-0.25, -0.2) is 12.7 Å². The van der Waals surface area contributed by atoms with Gasteiger partial charge in [-0.3, -0.25) is 4.79 Å². The van der Waals surface area contributed by atoms with Crippen LogP contribution in [0.4, 0.5) is 0 Å². The van der Waals surface area contributed by atoms with Crippen molar-refractivity contribution in [1.82, 2.24) is 4.31 Å². The highest BCUT2D eigenvalue weighted by Gasteiger charge is 2.65. The van der Waals surface area contributed by atoms with Gasteiger partial charge in [0.15, 0.2) is 0 Å². The molecule has 2 rings (SSSR count). The summed E-state index contributed by atoms with van der Waals surface area (Å²) in [5.41, 5.74) is -0.814. The monoisotopic (exact) mass is 273 g/mol. The molecular formula is C13H23NO3S. The van der Waals surface area contributed by atoms with E-state index in [0.29, 0.717) is 18.9 Å². The second kappa shape index (κ2) is 4.04. The Hall–Kier alpha value is -0.420. The molecule has 0 heterocycles. The quantitative estimate of drug-likeness (QED) is 0.783. The Labute approximate surface area is 110 Å². The summed E-state index contributed by atoms with van der Waals surface area (Å²) in [5, 5.41) is 0. The first kappa shape index (κ1) is 14.0. The van der Waals surface area contributed by atoms with Crippen LogP contribution in [0.3, 0.4) is 0 Å². The van der Waals surface area contributed by atoms with Gasteiger partial charge in [0.1, 0.15) is 5.78 Å². The van der Waals surface area contributed by atoms with Gasteiger partial charge in [-0.1, -0.05) is 20.8 Å². The maximum absolute atomic E-state index is 12.3. The average Bonchev–Trinajstić information content (AvgIpc) is 2.61. The number of carbonyl (C=O) groups is 1. The fourth-order valence-corrected chi connectivity index (χ4v) is 5.64. The van der Waals surface area contributed by atoms with Crippen LogP contribution in [0, 0.1) is 16.7 Å². The fraction of sp³-hybridized carbons (Fsp3) is 0.923. The molecule has 0 aromatic carbocycles. The summed E-state index contributed by atoms with van der Waals surface area (Å²) in [6.45, 7) is 6.40. The zero-order valence-corrected chi connectivity index (χ0v) is 12.5. The van der Waals surface area contributed by atoms with Crippen LogP contribution in [0.1, 0.15) is 40.0 Å². The van der Waals surface area contributed by atoms with Gasteiger partial charge in [0, 0.05) is 25.4 Å². The van der Waals surface area contributed by atoms with Crippen molar-refractivity contribution >= 4 is 15.8 Å². The summed E-state index contributed by atoms with van der Waals surface area (Å²) in [6.07, 6.45) is 2.29. The number of Topliss-reactive ketones (excluding diaryl/α,β-unsaturated/α-hetero) is 1. The van der Waals surface area contributed by atoms with Crippen molar-refractivity contribution in [3.05, 3.63) is 0 Å². The third-order valence-electron chi connectivity index (χ3n) is 5.49. The van der Waals surface area contributed by atoms with Crippen LogP contribution in [0.5, 0.6) is 0 Å². The number of fused-ring (bicyclic) bond motifs is 2. The molecule has 0 aliphatic heterocycles. The number of carbonyl (C=O) groups excluding carboxylic acids is 1. The minimum Gasteiger partial charge on any atom is -0.299 e. The first-order valence-electron chi connectivity index (χ1n) is 6.65. The average molecular weight is 273 g/mol. The minimum absolute atomic E-state index is 0.00727. The molecule has 0 aromatic rings. The van der Waals surface area contributed by atoms with Gasteiger partial charge in [-0.2, -0.15) is 0 Å². The standard InChI is InChI=1S/C13H23NO3S/c1-5-14(4)18(16,17)9-13-7-6-10(8-11(13)15)12(13,2)3/h10H,5-9H2,1-4H3/t10-,13+/m0/s1. The lowest BCUT2D eigenvalue weighted by atomic mass is 9.70. The highest BCUT2D eigenvalue weighted by Crippen LogP contribution is 2.64. The largest absolute Gasteiger partial charge is 0.299 e. The Balaban J connectivity index is 2.36. The molecular weight excluding hydrogens is 250 g/mol. The van der Waals surface area contributed by atoms with E-state index in [4.69, 9.17) is 0 Å². The molecule has 2 bridgehead atoms. The van der Waals surface area contributed by atoms with Crippen LogP contribution < -0.4 is 0 Å². The van der Waals surface area contributed by atoms with Crippen molar-refractivity contribution in [2.24, 2.45) is 16.7 Å². The third-order valence-corrected chi connectivity index (χ3v) is 7.55. The molecule has 0 saturated heterocycles. The molecule has 2 fully saturated rings. The van der Waals surface area contributed by atoms with Crippen molar-refractivity contribution in [3.8, 4) is 0 Å². The van der Waals surface area contributed by atoms with Gasteiger partial charge in [0.2, 0.25) is 10.0 Å². The lowest BCUT2D eigenvalue weighted by molar-refractivity contribution is -0.128. The zero-order chi connectivity index (χ0) is 13.8. The Morgan fingerprint density at radius 3 is 2.39 bits per heavy atom. The van der Waals surface area contributed by atoms with Gasteiger partial charge in [-0.05, 0) is 24.2 Å². The van der Waals surface area contributed by atoms with Gasteiger partial charge in [0.05, 0.1) is 5.75 Å². The summed E-state index contributed by atoms with van der Waals surface area (Å²) in [5.74, 6) is 0.524. The van der Waals surface area contributed by atoms with E-state index < -0.39 is 15.4 Å². The molecule has 0 unspecified atom stereocenters. The predicted molar refractivity (Wildman–Crippen MR) is 70.7 cm³/mol. The normalized spacial score (nSPS) is 34.5. The number of hydrogen-bond donors (Lipinski definition) is 0. The summed E-state index contributed by atoms with van der Waals surface area (Å²) >= 11 is 0. The molecule has 18 heavy (non-hydrogen) atoms. The van der Waals surface area contributed by atoms with Crippen molar-refractivity contribution in [3.63, 3.8) is 0 Å². The Bertz CT molecular complexity index is 469. The molecule has 5 heteroatoms. The van der Waals surface area contributed by atoms with Crippen LogP contribution in [-0.4, -0.2) is 37.9 Å². The molecule has 2 aliphatic carbocycles. The van der Waals surface area contributed by atoms with E-state index in [1.807, 2.05) is 6.92 Å². The second-order valence-corrected chi connectivity index (χ2v) is 8.41. The fourth-order valence-electron chi connectivity index (χ4n) is 3.73. The molecule has 0 aromatic heterocycles. The van der Waals surface area contributed by atoms with Crippen LogP contribution in [0.2, 0.25) is 0 Å². The van der Waals surface area contributed by atoms with E-state index >= 15 is 0 Å². The van der Waals surface area contributed by atoms with E-state index in [9.17, 15) is 13.2 Å². The number of nitrogens with zero attached hydrogens (tertiary/aromatic N) is 1. The SMILES string of the molecule is CCN(C)S(=O)(=O)C[C@]12CC[C@@H](CC1=O)C2(C)C. The molecule has 2 saturated carbocycles. The molecule has 0 amide bonds. The topological polar surface area (TPSA) is 54.5 Å². The molecule has 0 spiro atoms. The Kier molecular flexibility index (Phi) is 3.14. The van der Waals surface area contributed by atoms with Crippen LogP contribution in [0.15, 0.2) is 0 Å². The van der Waals surface area contributed by atoms with E-state index in [-0.39, 0.29) is 17.0 Å². The predicted octanol–water partition coefficient (Wildman–Crippen LogP) is 1.66. The zero-order valence-electron chi connectivity index (χ0n) is 11.7. The van der Waals surface area contributed by atoms with Crippen LogP contribution in [0.25, 0.3) is 0 Å². The maximum Gasteiger partial charge on any atom is 0.214 e. The number of hydrogen-bond acceptors (Lipinski definition) is 3. The first-order chi connectivity index (χ1) is 8.17. The minimum atomic E-state index is -3.33. The lowest BCUT2D eigenvalue weighted by Crippen LogP contribution is -2.45. The van der Waals surface area contributed by atoms with E-state index in [2.05, 4.69) is 13.8 Å². The lowest BCUT2D eigenvalue weighted by Gasteiger charge is -2.37. The van der Waals surface area contributed by atoms with Gasteiger partial charge in [-0.15, -0.1) is 0 Å². The summed E-state index contributed by atoms with van der Waals surface area (Å²) in [6, 6.07) is 0. The van der Waals surface area contributed by atoms with Crippen molar-refractivity contribution in [1.29, 1.82) is 0 Å². The van der Waals surface area contributed by atoms with Crippen LogP contribution >= 0.6 is 0 Å². The molecule has 104 valence electrons. The van der Waals surface area contributed by atoms with Crippen molar-refractivity contribution in [2.45, 2.75) is 40.0 Å². The number of rotatable bonds is 4. The second-order valence-electron chi connectivity index (χ2n) is 6.34. The van der Waals surface area contributed by atoms with Crippen molar-refractivity contribution in [2.75, 3.05) is 19.3 Å². The molecule has 2 aliphatic rings. The van der Waals surface area contributed by atoms with Crippen LogP contribution in [-0.2, 0) is 14.8 Å². The Morgan fingerprint density at radius 2 is 2.00 bits per heavy atom. The number of sulfonamides is 1. The van der Waals surface area contributed by atoms with Gasteiger partial charge >= 0.3 is 0 Å². The molecule has 0 N–H and O–H groups in total. The highest BCUT2D eigenvalue weighted by atomic mass is 32.2. The molecule has 4 nitrogen and oxygen atoms in total. The first-order valence-corrected chi connectivity index (χ1v) is 8.25. The number of ketones is 1. The van der Waals surface area contributed by atoms with E-state index in [1.165, 1.54) is 4.31 Å². The molecule has 0 radical (unpaired) electrons. The van der Waals surface area contributed by atoms with Gasteiger partial charge < -0.3 is 0 Å². The van der Waals surface area contributed by atoms with E-state index in [0.717, 1.165) is 12.8 Å². The summed E-state index contributed by atoms with van der Waals surface area (Å²) in [4.78, 5) is 12.3. The Morgan fingerprint density at radius 1 is 1.39 bits per heavy atom. The van der Waals surface area contributed by atoms with Gasteiger partial charge in [0.25, 0.3) is 0 Å².